The lowest BCUT2D eigenvalue weighted by Gasteiger charge is -2.22. The number of furan rings is 1. The van der Waals surface area contributed by atoms with Gasteiger partial charge in [0.05, 0.1) is 0 Å². The Labute approximate surface area is 117 Å². The smallest absolute Gasteiger partial charge is 0.289 e. The first-order valence-corrected chi connectivity index (χ1v) is 7.31. The number of para-hydroxylation sites is 1. The van der Waals surface area contributed by atoms with Gasteiger partial charge < -0.3 is 14.6 Å². The Morgan fingerprint density at radius 2 is 2.15 bits per heavy atom. The molecule has 20 heavy (non-hydrogen) atoms. The van der Waals surface area contributed by atoms with Crippen molar-refractivity contribution in [3.63, 3.8) is 0 Å². The van der Waals surface area contributed by atoms with Gasteiger partial charge in [-0.1, -0.05) is 18.2 Å². The van der Waals surface area contributed by atoms with Crippen LogP contribution in [0.3, 0.4) is 0 Å². The van der Waals surface area contributed by atoms with Crippen LogP contribution >= 0.6 is 0 Å². The average Bonchev–Trinajstić information content (AvgIpc) is 2.68. The lowest BCUT2D eigenvalue weighted by molar-refractivity contribution is 0.0719. The molecule has 2 unspecified atom stereocenters. The second kappa shape index (κ2) is 4.63. The lowest BCUT2D eigenvalue weighted by Crippen LogP contribution is -2.40. The van der Waals surface area contributed by atoms with Crippen LogP contribution in [0, 0.1) is 5.92 Å². The Morgan fingerprint density at radius 3 is 2.95 bits per heavy atom. The summed E-state index contributed by atoms with van der Waals surface area (Å²) in [5.41, 5.74) is 0.784. The van der Waals surface area contributed by atoms with Crippen molar-refractivity contribution in [3.8, 4) is 0 Å². The van der Waals surface area contributed by atoms with E-state index in [1.165, 1.54) is 12.8 Å². The number of hydrogen-bond donors (Lipinski definition) is 1. The van der Waals surface area contributed by atoms with E-state index in [0.717, 1.165) is 30.6 Å². The third-order valence-corrected chi connectivity index (χ3v) is 4.46. The van der Waals surface area contributed by atoms with Gasteiger partial charge in [0, 0.05) is 24.5 Å². The average molecular weight is 270 g/mol. The molecule has 2 aromatic rings. The number of carbonyl (C=O) groups is 1. The van der Waals surface area contributed by atoms with Gasteiger partial charge in [-0.25, -0.2) is 0 Å². The number of piperidine rings is 1. The zero-order valence-electron chi connectivity index (χ0n) is 11.3. The van der Waals surface area contributed by atoms with Gasteiger partial charge >= 0.3 is 0 Å². The summed E-state index contributed by atoms with van der Waals surface area (Å²) in [5.74, 6) is 1.08. The molecule has 1 aromatic heterocycles. The second-order valence-electron chi connectivity index (χ2n) is 5.91. The molecule has 3 aliphatic heterocycles. The SMILES string of the molecule is O=C(c1cc2ccccc2o1)N1CC2CCC(C1)NC2. The summed E-state index contributed by atoms with van der Waals surface area (Å²) in [6.07, 6.45) is 2.40. The Morgan fingerprint density at radius 1 is 1.25 bits per heavy atom. The second-order valence-corrected chi connectivity index (χ2v) is 5.91. The highest BCUT2D eigenvalue weighted by Gasteiger charge is 2.32. The molecule has 2 atom stereocenters. The van der Waals surface area contributed by atoms with Crippen molar-refractivity contribution in [2.75, 3.05) is 19.6 Å². The van der Waals surface area contributed by atoms with Crippen LogP contribution in [0.25, 0.3) is 11.0 Å². The Hall–Kier alpha value is -1.81. The van der Waals surface area contributed by atoms with Crippen molar-refractivity contribution in [1.82, 2.24) is 10.2 Å². The van der Waals surface area contributed by atoms with E-state index < -0.39 is 0 Å². The molecule has 4 heteroatoms. The molecule has 1 amide bonds. The van der Waals surface area contributed by atoms with Gasteiger partial charge in [0.1, 0.15) is 5.58 Å². The standard InChI is InChI=1S/C16H18N2O2/c19-16(15-7-12-3-1-2-4-14(12)20-15)18-9-11-5-6-13(10-18)17-8-11/h1-4,7,11,13,17H,5-6,8-10H2. The van der Waals surface area contributed by atoms with Gasteiger partial charge in [0.15, 0.2) is 5.76 Å². The predicted molar refractivity (Wildman–Crippen MR) is 76.6 cm³/mol. The minimum absolute atomic E-state index is 0.0294. The van der Waals surface area contributed by atoms with Crippen LogP contribution in [-0.4, -0.2) is 36.5 Å². The topological polar surface area (TPSA) is 45.5 Å². The maximum absolute atomic E-state index is 12.6. The number of nitrogens with zero attached hydrogens (tertiary/aromatic N) is 1. The molecule has 4 heterocycles. The number of nitrogens with one attached hydrogen (secondary N) is 1. The third-order valence-electron chi connectivity index (χ3n) is 4.46. The van der Waals surface area contributed by atoms with Crippen LogP contribution in [0.15, 0.2) is 34.7 Å². The van der Waals surface area contributed by atoms with Gasteiger partial charge in [-0.15, -0.1) is 0 Å². The fourth-order valence-corrected chi connectivity index (χ4v) is 3.35. The zero-order valence-corrected chi connectivity index (χ0v) is 11.3. The molecule has 0 spiro atoms. The monoisotopic (exact) mass is 270 g/mol. The molecular weight excluding hydrogens is 252 g/mol. The van der Waals surface area contributed by atoms with E-state index >= 15 is 0 Å². The minimum atomic E-state index is 0.0294. The number of amides is 1. The molecule has 2 bridgehead atoms. The van der Waals surface area contributed by atoms with Crippen molar-refractivity contribution in [2.45, 2.75) is 18.9 Å². The Bertz CT molecular complexity index is 594. The normalized spacial score (nSPS) is 25.9. The number of fused-ring (bicyclic) bond motifs is 5. The quantitative estimate of drug-likeness (QED) is 0.864. The first-order chi connectivity index (χ1) is 9.79. The van der Waals surface area contributed by atoms with Crippen LogP contribution in [-0.2, 0) is 0 Å². The number of hydrogen-bond acceptors (Lipinski definition) is 3. The highest BCUT2D eigenvalue weighted by molar-refractivity contribution is 5.96. The van der Waals surface area contributed by atoms with E-state index in [-0.39, 0.29) is 5.91 Å². The molecule has 0 aliphatic carbocycles. The van der Waals surface area contributed by atoms with E-state index in [1.54, 1.807) is 0 Å². The van der Waals surface area contributed by atoms with E-state index in [2.05, 4.69) is 5.32 Å². The van der Waals surface area contributed by atoms with E-state index in [1.807, 2.05) is 35.2 Å². The van der Waals surface area contributed by atoms with Crippen LogP contribution in [0.1, 0.15) is 23.4 Å². The zero-order chi connectivity index (χ0) is 13.5. The highest BCUT2D eigenvalue weighted by Crippen LogP contribution is 2.25. The van der Waals surface area contributed by atoms with E-state index in [4.69, 9.17) is 4.42 Å². The van der Waals surface area contributed by atoms with Crippen molar-refractivity contribution in [3.05, 3.63) is 36.1 Å². The van der Waals surface area contributed by atoms with Gasteiger partial charge in [-0.05, 0) is 37.4 Å². The van der Waals surface area contributed by atoms with Crippen LogP contribution in [0.5, 0.6) is 0 Å². The third kappa shape index (κ3) is 2.00. The minimum Gasteiger partial charge on any atom is -0.451 e. The van der Waals surface area contributed by atoms with Gasteiger partial charge in [0.25, 0.3) is 5.91 Å². The molecule has 3 fully saturated rings. The predicted octanol–water partition coefficient (Wildman–Crippen LogP) is 2.26. The first kappa shape index (κ1) is 12.0. The Balaban J connectivity index is 1.63. The van der Waals surface area contributed by atoms with Crippen molar-refractivity contribution < 1.29 is 9.21 Å². The molecule has 1 N–H and O–H groups in total. The summed E-state index contributed by atoms with van der Waals surface area (Å²) in [6, 6.07) is 10.1. The maximum atomic E-state index is 12.6. The van der Waals surface area contributed by atoms with Crippen molar-refractivity contribution >= 4 is 16.9 Å². The molecular formula is C16H18N2O2. The largest absolute Gasteiger partial charge is 0.451 e. The molecule has 5 rings (SSSR count). The molecule has 3 saturated heterocycles. The summed E-state index contributed by atoms with van der Waals surface area (Å²) in [7, 11) is 0. The highest BCUT2D eigenvalue weighted by atomic mass is 16.3. The summed E-state index contributed by atoms with van der Waals surface area (Å²) < 4.78 is 5.70. The number of rotatable bonds is 1. The number of carbonyl (C=O) groups excluding carboxylic acids is 1. The molecule has 0 radical (unpaired) electrons. The van der Waals surface area contributed by atoms with Gasteiger partial charge in [-0.2, -0.15) is 0 Å². The van der Waals surface area contributed by atoms with Crippen molar-refractivity contribution in [1.29, 1.82) is 0 Å². The van der Waals surface area contributed by atoms with Crippen LogP contribution in [0.2, 0.25) is 0 Å². The van der Waals surface area contributed by atoms with Crippen LogP contribution < -0.4 is 5.32 Å². The van der Waals surface area contributed by atoms with E-state index in [0.29, 0.717) is 17.7 Å². The molecule has 1 aromatic carbocycles. The molecule has 0 saturated carbocycles. The summed E-state index contributed by atoms with van der Waals surface area (Å²) in [6.45, 7) is 2.68. The van der Waals surface area contributed by atoms with Crippen LogP contribution in [0.4, 0.5) is 0 Å². The summed E-state index contributed by atoms with van der Waals surface area (Å²) in [4.78, 5) is 14.6. The fourth-order valence-electron chi connectivity index (χ4n) is 3.35. The summed E-state index contributed by atoms with van der Waals surface area (Å²) >= 11 is 0. The molecule has 3 aliphatic rings. The van der Waals surface area contributed by atoms with E-state index in [9.17, 15) is 4.79 Å². The van der Waals surface area contributed by atoms with Gasteiger partial charge in [-0.3, -0.25) is 4.79 Å². The van der Waals surface area contributed by atoms with Crippen molar-refractivity contribution in [2.24, 2.45) is 5.92 Å². The summed E-state index contributed by atoms with van der Waals surface area (Å²) in [5, 5.41) is 4.51. The maximum Gasteiger partial charge on any atom is 0.289 e. The molecule has 104 valence electrons. The number of benzene rings is 1. The van der Waals surface area contributed by atoms with Gasteiger partial charge in [0.2, 0.25) is 0 Å². The first-order valence-electron chi connectivity index (χ1n) is 7.31. The molecule has 4 nitrogen and oxygen atoms in total. The Kier molecular flexibility index (Phi) is 2.77. The fraction of sp³-hybridized carbons (Fsp3) is 0.438. The lowest BCUT2D eigenvalue weighted by atomic mass is 9.97.